The normalized spacial score (nSPS) is 12.5. The van der Waals surface area contributed by atoms with E-state index in [0.717, 1.165) is 28.7 Å². The molecule has 0 spiro atoms. The van der Waals surface area contributed by atoms with E-state index in [4.69, 9.17) is 4.74 Å². The molecule has 5 nitrogen and oxygen atoms in total. The van der Waals surface area contributed by atoms with Gasteiger partial charge in [0.2, 0.25) is 5.91 Å². The maximum absolute atomic E-state index is 13.6. The molecule has 0 radical (unpaired) electrons. The number of hydrogen-bond acceptors (Lipinski definition) is 3. The summed E-state index contributed by atoms with van der Waals surface area (Å²) in [6.45, 7) is 8.21. The van der Waals surface area contributed by atoms with Crippen LogP contribution in [0.2, 0.25) is 0 Å². The van der Waals surface area contributed by atoms with Crippen LogP contribution in [0.4, 0.5) is 0 Å². The maximum Gasteiger partial charge on any atom is 0.261 e. The Morgan fingerprint density at radius 1 is 0.886 bits per heavy atom. The van der Waals surface area contributed by atoms with Crippen molar-refractivity contribution in [2.75, 3.05) is 6.61 Å². The summed E-state index contributed by atoms with van der Waals surface area (Å²) in [5.74, 6) is 0.245. The molecule has 0 aliphatic carbocycles. The Balaban J connectivity index is 1.90. The predicted molar refractivity (Wildman–Crippen MR) is 140 cm³/mol. The van der Waals surface area contributed by atoms with Gasteiger partial charge in [0.25, 0.3) is 5.91 Å². The summed E-state index contributed by atoms with van der Waals surface area (Å²) in [5.41, 5.74) is 4.20. The first-order chi connectivity index (χ1) is 16.9. The fraction of sp³-hybridized carbons (Fsp3) is 0.333. The van der Waals surface area contributed by atoms with Gasteiger partial charge in [-0.1, -0.05) is 84.8 Å². The molecule has 0 bridgehead atoms. The minimum absolute atomic E-state index is 0.0144. The summed E-state index contributed by atoms with van der Waals surface area (Å²) < 4.78 is 5.82. The van der Waals surface area contributed by atoms with E-state index in [1.807, 2.05) is 107 Å². The molecule has 1 N–H and O–H groups in total. The molecule has 2 amide bonds. The standard InChI is InChI=1S/C30H36N2O3/c1-5-24(4)31-30(34)28(19-25-11-7-6-8-12-25)32(20-26-13-9-10-23(3)18-26)29(33)21-35-27-16-14-22(2)15-17-27/h6-18,24,28H,5,19-21H2,1-4H3,(H,31,34). The van der Waals surface area contributed by atoms with Gasteiger partial charge >= 0.3 is 0 Å². The van der Waals surface area contributed by atoms with Gasteiger partial charge in [0.1, 0.15) is 11.8 Å². The Hall–Kier alpha value is -3.60. The predicted octanol–water partition coefficient (Wildman–Crippen LogP) is 5.24. The zero-order chi connectivity index (χ0) is 25.2. The average Bonchev–Trinajstić information content (AvgIpc) is 2.86. The summed E-state index contributed by atoms with van der Waals surface area (Å²) in [5, 5.41) is 3.09. The van der Waals surface area contributed by atoms with Gasteiger partial charge in [0.05, 0.1) is 0 Å². The molecule has 0 aliphatic rings. The number of aryl methyl sites for hydroxylation is 2. The van der Waals surface area contributed by atoms with Crippen LogP contribution >= 0.6 is 0 Å². The third kappa shape index (κ3) is 7.99. The zero-order valence-electron chi connectivity index (χ0n) is 21.2. The van der Waals surface area contributed by atoms with Crippen molar-refractivity contribution in [3.8, 4) is 5.75 Å². The Labute approximate surface area is 209 Å². The van der Waals surface area contributed by atoms with Gasteiger partial charge in [0, 0.05) is 19.0 Å². The van der Waals surface area contributed by atoms with Crippen LogP contribution in [0.1, 0.15) is 42.5 Å². The Morgan fingerprint density at radius 3 is 2.23 bits per heavy atom. The summed E-state index contributed by atoms with van der Waals surface area (Å²) in [7, 11) is 0. The van der Waals surface area contributed by atoms with Crippen LogP contribution in [0.15, 0.2) is 78.9 Å². The van der Waals surface area contributed by atoms with Gasteiger partial charge in [-0.05, 0) is 50.5 Å². The highest BCUT2D eigenvalue weighted by Crippen LogP contribution is 2.17. The number of nitrogens with zero attached hydrogens (tertiary/aromatic N) is 1. The molecule has 3 aromatic rings. The molecule has 0 saturated carbocycles. The van der Waals surface area contributed by atoms with Gasteiger partial charge in [-0.25, -0.2) is 0 Å². The first-order valence-corrected chi connectivity index (χ1v) is 12.2. The number of rotatable bonds is 11. The highest BCUT2D eigenvalue weighted by Gasteiger charge is 2.31. The van der Waals surface area contributed by atoms with Crippen molar-refractivity contribution in [1.82, 2.24) is 10.2 Å². The summed E-state index contributed by atoms with van der Waals surface area (Å²) >= 11 is 0. The van der Waals surface area contributed by atoms with E-state index in [1.165, 1.54) is 0 Å². The topological polar surface area (TPSA) is 58.6 Å². The minimum atomic E-state index is -0.666. The molecule has 3 rings (SSSR count). The Bertz CT molecular complexity index is 1100. The van der Waals surface area contributed by atoms with Crippen LogP contribution in [0.25, 0.3) is 0 Å². The highest BCUT2D eigenvalue weighted by atomic mass is 16.5. The number of carbonyl (C=O) groups is 2. The molecule has 0 saturated heterocycles. The fourth-order valence-electron chi connectivity index (χ4n) is 3.86. The highest BCUT2D eigenvalue weighted by molar-refractivity contribution is 5.88. The van der Waals surface area contributed by atoms with Crippen LogP contribution in [0.5, 0.6) is 5.75 Å². The Morgan fingerprint density at radius 2 is 1.57 bits per heavy atom. The van der Waals surface area contributed by atoms with Gasteiger partial charge in [-0.3, -0.25) is 9.59 Å². The van der Waals surface area contributed by atoms with E-state index >= 15 is 0 Å². The van der Waals surface area contributed by atoms with Gasteiger partial charge in [-0.2, -0.15) is 0 Å². The molecule has 0 fully saturated rings. The van der Waals surface area contributed by atoms with Crippen LogP contribution in [0.3, 0.4) is 0 Å². The number of benzene rings is 3. The quantitative estimate of drug-likeness (QED) is 0.415. The van der Waals surface area contributed by atoms with Gasteiger partial charge in [-0.15, -0.1) is 0 Å². The van der Waals surface area contributed by atoms with E-state index in [1.54, 1.807) is 4.90 Å². The maximum atomic E-state index is 13.6. The van der Waals surface area contributed by atoms with Crippen molar-refractivity contribution in [2.45, 2.75) is 59.2 Å². The minimum Gasteiger partial charge on any atom is -0.484 e. The van der Waals surface area contributed by atoms with Crippen molar-refractivity contribution >= 4 is 11.8 Å². The second-order valence-corrected chi connectivity index (χ2v) is 9.14. The molecule has 3 aromatic carbocycles. The lowest BCUT2D eigenvalue weighted by Crippen LogP contribution is -2.53. The van der Waals surface area contributed by atoms with Crippen LogP contribution in [-0.2, 0) is 22.6 Å². The molecule has 184 valence electrons. The largest absolute Gasteiger partial charge is 0.484 e. The van der Waals surface area contributed by atoms with Crippen LogP contribution in [0, 0.1) is 13.8 Å². The third-order valence-electron chi connectivity index (χ3n) is 6.09. The number of hydrogen-bond donors (Lipinski definition) is 1. The summed E-state index contributed by atoms with van der Waals surface area (Å²) in [6, 6.07) is 24.8. The molecular formula is C30H36N2O3. The van der Waals surface area contributed by atoms with Crippen molar-refractivity contribution in [1.29, 1.82) is 0 Å². The van der Waals surface area contributed by atoms with E-state index in [9.17, 15) is 9.59 Å². The van der Waals surface area contributed by atoms with Crippen molar-refractivity contribution in [3.05, 3.63) is 101 Å². The summed E-state index contributed by atoms with van der Waals surface area (Å²) in [6.07, 6.45) is 1.23. The van der Waals surface area contributed by atoms with E-state index < -0.39 is 6.04 Å². The average molecular weight is 473 g/mol. The van der Waals surface area contributed by atoms with Gasteiger partial charge < -0.3 is 15.0 Å². The second kappa shape index (κ2) is 12.7. The van der Waals surface area contributed by atoms with Crippen molar-refractivity contribution in [3.63, 3.8) is 0 Å². The number of carbonyl (C=O) groups excluding carboxylic acids is 2. The fourth-order valence-corrected chi connectivity index (χ4v) is 3.86. The monoisotopic (exact) mass is 472 g/mol. The van der Waals surface area contributed by atoms with E-state index in [0.29, 0.717) is 18.7 Å². The zero-order valence-corrected chi connectivity index (χ0v) is 21.2. The number of amides is 2. The van der Waals surface area contributed by atoms with Crippen LogP contribution < -0.4 is 10.1 Å². The SMILES string of the molecule is CCC(C)NC(=O)C(Cc1ccccc1)N(Cc1cccc(C)c1)C(=O)COc1ccc(C)cc1. The number of ether oxygens (including phenoxy) is 1. The molecule has 0 aliphatic heterocycles. The first-order valence-electron chi connectivity index (χ1n) is 12.2. The van der Waals surface area contributed by atoms with E-state index in [2.05, 4.69) is 5.32 Å². The molecule has 2 unspecified atom stereocenters. The van der Waals surface area contributed by atoms with Gasteiger partial charge in [0.15, 0.2) is 6.61 Å². The number of nitrogens with one attached hydrogen (secondary N) is 1. The van der Waals surface area contributed by atoms with Crippen molar-refractivity contribution < 1.29 is 14.3 Å². The molecule has 2 atom stereocenters. The molecule has 0 heterocycles. The lowest BCUT2D eigenvalue weighted by molar-refractivity contribution is -0.143. The molecular weight excluding hydrogens is 436 g/mol. The van der Waals surface area contributed by atoms with Crippen LogP contribution in [-0.4, -0.2) is 35.4 Å². The molecule has 5 heteroatoms. The summed E-state index contributed by atoms with van der Waals surface area (Å²) in [4.78, 5) is 28.7. The Kier molecular flexibility index (Phi) is 9.47. The lowest BCUT2D eigenvalue weighted by Gasteiger charge is -2.32. The molecule has 0 aromatic heterocycles. The molecule has 35 heavy (non-hydrogen) atoms. The first kappa shape index (κ1) is 26.0. The lowest BCUT2D eigenvalue weighted by atomic mass is 10.0. The second-order valence-electron chi connectivity index (χ2n) is 9.14. The van der Waals surface area contributed by atoms with E-state index in [-0.39, 0.29) is 24.5 Å². The van der Waals surface area contributed by atoms with Crippen molar-refractivity contribution in [2.24, 2.45) is 0 Å². The third-order valence-corrected chi connectivity index (χ3v) is 6.09. The smallest absolute Gasteiger partial charge is 0.261 e.